The molecule has 27 heavy (non-hydrogen) atoms. The van der Waals surface area contributed by atoms with Crippen molar-refractivity contribution in [1.29, 1.82) is 0 Å². The van der Waals surface area contributed by atoms with E-state index in [4.69, 9.17) is 4.74 Å². The number of nitrogens with one attached hydrogen (secondary N) is 1. The zero-order valence-electron chi connectivity index (χ0n) is 16.6. The molecule has 1 atom stereocenters. The average Bonchev–Trinajstić information content (AvgIpc) is 3.29. The van der Waals surface area contributed by atoms with Gasteiger partial charge in [0.25, 0.3) is 0 Å². The minimum Gasteiger partial charge on any atom is -0.383 e. The number of carbonyl (C=O) groups is 1. The second-order valence-corrected chi connectivity index (χ2v) is 7.09. The van der Waals surface area contributed by atoms with Gasteiger partial charge in [-0.05, 0) is 19.4 Å². The first-order valence-corrected chi connectivity index (χ1v) is 9.60. The number of hydrogen-bond acceptors (Lipinski definition) is 5. The Balaban J connectivity index is 1.52. The third kappa shape index (κ3) is 4.78. The molecule has 1 aromatic rings. The van der Waals surface area contributed by atoms with E-state index in [1.165, 1.54) is 12.8 Å². The van der Waals surface area contributed by atoms with Crippen molar-refractivity contribution < 1.29 is 9.53 Å². The molecule has 2 aliphatic rings. The van der Waals surface area contributed by atoms with E-state index < -0.39 is 0 Å². The molecule has 9 heteroatoms. The molecule has 1 aromatic heterocycles. The molecule has 0 aliphatic carbocycles. The number of likely N-dealkylation sites (tertiary alicyclic amines) is 1. The first-order valence-electron chi connectivity index (χ1n) is 9.60. The number of aliphatic imine (C=N–C) groups is 1. The van der Waals surface area contributed by atoms with Crippen molar-refractivity contribution >= 4 is 17.6 Å². The molecule has 0 aromatic carbocycles. The minimum absolute atomic E-state index is 0.0692. The Bertz CT molecular complexity index is 660. The quantitative estimate of drug-likeness (QED) is 0.544. The third-order valence-corrected chi connectivity index (χ3v) is 5.31. The molecule has 0 radical (unpaired) electrons. The molecule has 1 unspecified atom stereocenters. The van der Waals surface area contributed by atoms with Crippen LogP contribution in [0.5, 0.6) is 0 Å². The lowest BCUT2D eigenvalue weighted by atomic mass is 10.2. The molecule has 2 saturated heterocycles. The lowest BCUT2D eigenvalue weighted by molar-refractivity contribution is -0.120. The summed E-state index contributed by atoms with van der Waals surface area (Å²) in [6.07, 6.45) is 6.00. The van der Waals surface area contributed by atoms with Crippen LogP contribution < -0.4 is 10.2 Å². The fraction of sp³-hybridized carbons (Fsp3) is 0.722. The van der Waals surface area contributed by atoms with Crippen LogP contribution in [0.25, 0.3) is 0 Å². The minimum atomic E-state index is 0.0692. The first-order chi connectivity index (χ1) is 13.1. The Labute approximate surface area is 161 Å². The molecule has 150 valence electrons. The number of carbonyl (C=O) groups excluding carboxylic acids is 1. The van der Waals surface area contributed by atoms with E-state index in [0.29, 0.717) is 19.1 Å². The van der Waals surface area contributed by atoms with E-state index in [1.54, 1.807) is 29.9 Å². The zero-order valence-corrected chi connectivity index (χ0v) is 16.6. The Morgan fingerprint density at radius 2 is 2.26 bits per heavy atom. The number of guanidine groups is 1. The predicted octanol–water partition coefficient (Wildman–Crippen LogP) is -0.245. The van der Waals surface area contributed by atoms with Gasteiger partial charge in [-0.2, -0.15) is 5.10 Å². The van der Waals surface area contributed by atoms with Crippen LogP contribution in [0.2, 0.25) is 0 Å². The normalized spacial score (nSPS) is 22.0. The van der Waals surface area contributed by atoms with Crippen molar-refractivity contribution in [3.8, 4) is 0 Å². The van der Waals surface area contributed by atoms with Crippen molar-refractivity contribution in [1.82, 2.24) is 24.9 Å². The number of piperazine rings is 1. The Morgan fingerprint density at radius 3 is 2.93 bits per heavy atom. The van der Waals surface area contributed by atoms with Crippen LogP contribution in [0, 0.1) is 0 Å². The monoisotopic (exact) mass is 377 g/mol. The number of methoxy groups -OCH3 is 1. The maximum Gasteiger partial charge on any atom is 0.246 e. The van der Waals surface area contributed by atoms with E-state index in [1.807, 2.05) is 18.1 Å². The summed E-state index contributed by atoms with van der Waals surface area (Å²) in [4.78, 5) is 23.3. The maximum absolute atomic E-state index is 12.6. The summed E-state index contributed by atoms with van der Waals surface area (Å²) in [6.45, 7) is 5.39. The van der Waals surface area contributed by atoms with Crippen LogP contribution in [0.3, 0.4) is 0 Å². The predicted molar refractivity (Wildman–Crippen MR) is 105 cm³/mol. The standard InChI is InChI=1S/C18H31N7O2/c1-19-18(20-11-15-5-4-6-23(15)9-10-27-3)24-7-8-25(17(26)14-24)16-12-21-22(2)13-16/h12-13,15H,4-11,14H2,1-3H3,(H,19,20). The summed E-state index contributed by atoms with van der Waals surface area (Å²) >= 11 is 0. The SMILES string of the molecule is CN=C(NCC1CCCN1CCOC)N1CCN(c2cnn(C)c2)C(=O)C1. The molecular formula is C18H31N7O2. The molecule has 0 saturated carbocycles. The van der Waals surface area contributed by atoms with Gasteiger partial charge in [-0.3, -0.25) is 19.4 Å². The number of nitrogens with zero attached hydrogens (tertiary/aromatic N) is 6. The molecule has 9 nitrogen and oxygen atoms in total. The topological polar surface area (TPSA) is 78.2 Å². The van der Waals surface area contributed by atoms with Crippen LogP contribution >= 0.6 is 0 Å². The van der Waals surface area contributed by atoms with E-state index >= 15 is 0 Å². The second kappa shape index (κ2) is 9.18. The Kier molecular flexibility index (Phi) is 6.68. The Hall–Kier alpha value is -2.13. The summed E-state index contributed by atoms with van der Waals surface area (Å²) < 4.78 is 6.93. The highest BCUT2D eigenvalue weighted by molar-refractivity contribution is 5.98. The number of amides is 1. The molecule has 0 bridgehead atoms. The molecule has 2 aliphatic heterocycles. The summed E-state index contributed by atoms with van der Waals surface area (Å²) in [5.41, 5.74) is 0.852. The molecule has 3 heterocycles. The fourth-order valence-corrected chi connectivity index (χ4v) is 3.85. The highest BCUT2D eigenvalue weighted by Crippen LogP contribution is 2.17. The summed E-state index contributed by atoms with van der Waals surface area (Å²) in [5, 5.41) is 7.63. The summed E-state index contributed by atoms with van der Waals surface area (Å²) in [7, 11) is 5.37. The summed E-state index contributed by atoms with van der Waals surface area (Å²) in [5.74, 6) is 0.868. The first kappa shape index (κ1) is 19.6. The lowest BCUT2D eigenvalue weighted by Crippen LogP contribution is -2.56. The van der Waals surface area contributed by atoms with Crippen molar-refractivity contribution in [3.63, 3.8) is 0 Å². The molecule has 0 spiro atoms. The van der Waals surface area contributed by atoms with Crippen molar-refractivity contribution in [2.75, 3.05) is 64.9 Å². The van der Waals surface area contributed by atoms with Crippen LogP contribution in [0.15, 0.2) is 17.4 Å². The lowest BCUT2D eigenvalue weighted by Gasteiger charge is -2.36. The molecular weight excluding hydrogens is 346 g/mol. The molecule has 2 fully saturated rings. The smallest absolute Gasteiger partial charge is 0.246 e. The van der Waals surface area contributed by atoms with Crippen molar-refractivity contribution in [2.24, 2.45) is 12.0 Å². The van der Waals surface area contributed by atoms with E-state index in [-0.39, 0.29) is 5.91 Å². The molecule has 1 N–H and O–H groups in total. The second-order valence-electron chi connectivity index (χ2n) is 7.09. The summed E-state index contributed by atoms with van der Waals surface area (Å²) in [6, 6.07) is 0.490. The van der Waals surface area contributed by atoms with Gasteiger partial charge in [0, 0.05) is 59.6 Å². The van der Waals surface area contributed by atoms with Gasteiger partial charge in [-0.15, -0.1) is 0 Å². The van der Waals surface area contributed by atoms with Crippen molar-refractivity contribution in [2.45, 2.75) is 18.9 Å². The van der Waals surface area contributed by atoms with E-state index in [9.17, 15) is 4.79 Å². The Morgan fingerprint density at radius 1 is 1.41 bits per heavy atom. The van der Waals surface area contributed by atoms with Crippen LogP contribution in [-0.2, 0) is 16.6 Å². The number of ether oxygens (including phenoxy) is 1. The van der Waals surface area contributed by atoms with Gasteiger partial charge < -0.3 is 19.9 Å². The van der Waals surface area contributed by atoms with Crippen LogP contribution in [-0.4, -0.2) is 97.5 Å². The van der Waals surface area contributed by atoms with Gasteiger partial charge in [0.15, 0.2) is 5.96 Å². The van der Waals surface area contributed by atoms with E-state index in [0.717, 1.165) is 44.4 Å². The van der Waals surface area contributed by atoms with Gasteiger partial charge >= 0.3 is 0 Å². The van der Waals surface area contributed by atoms with Crippen molar-refractivity contribution in [3.05, 3.63) is 12.4 Å². The van der Waals surface area contributed by atoms with Gasteiger partial charge in [0.05, 0.1) is 18.5 Å². The molecule has 1 amide bonds. The van der Waals surface area contributed by atoms with Gasteiger partial charge in [0.1, 0.15) is 6.54 Å². The zero-order chi connectivity index (χ0) is 19.2. The van der Waals surface area contributed by atoms with E-state index in [2.05, 4.69) is 20.3 Å². The highest BCUT2D eigenvalue weighted by Gasteiger charge is 2.29. The van der Waals surface area contributed by atoms with Crippen LogP contribution in [0.4, 0.5) is 5.69 Å². The van der Waals surface area contributed by atoms with Gasteiger partial charge in [-0.25, -0.2) is 0 Å². The third-order valence-electron chi connectivity index (χ3n) is 5.31. The number of aromatic nitrogens is 2. The maximum atomic E-state index is 12.6. The number of anilines is 1. The number of rotatable bonds is 6. The van der Waals surface area contributed by atoms with Gasteiger partial charge in [0.2, 0.25) is 5.91 Å². The van der Waals surface area contributed by atoms with Crippen LogP contribution in [0.1, 0.15) is 12.8 Å². The fourth-order valence-electron chi connectivity index (χ4n) is 3.85. The molecule has 3 rings (SSSR count). The van der Waals surface area contributed by atoms with Gasteiger partial charge in [-0.1, -0.05) is 0 Å². The number of hydrogen-bond donors (Lipinski definition) is 1. The number of aryl methyl sites for hydroxylation is 1. The average molecular weight is 377 g/mol. The highest BCUT2D eigenvalue weighted by atomic mass is 16.5. The largest absolute Gasteiger partial charge is 0.383 e.